The third-order valence-corrected chi connectivity index (χ3v) is 3.00. The van der Waals surface area contributed by atoms with Gasteiger partial charge in [-0.2, -0.15) is 0 Å². The molecule has 1 aromatic heterocycles. The van der Waals surface area contributed by atoms with E-state index in [9.17, 15) is 9.18 Å². The summed E-state index contributed by atoms with van der Waals surface area (Å²) in [5, 5.41) is 2.79. The van der Waals surface area contributed by atoms with Crippen LogP contribution >= 0.6 is 0 Å². The Bertz CT molecular complexity index is 604. The second-order valence-electron chi connectivity index (χ2n) is 4.92. The highest BCUT2D eigenvalue weighted by Crippen LogP contribution is 2.23. The Labute approximate surface area is 111 Å². The van der Waals surface area contributed by atoms with Gasteiger partial charge in [-0.3, -0.25) is 4.79 Å². The lowest BCUT2D eigenvalue weighted by Crippen LogP contribution is -2.42. The van der Waals surface area contributed by atoms with Crippen LogP contribution in [-0.4, -0.2) is 15.5 Å². The molecular weight excluding hydrogens is 245 g/mol. The first-order valence-electron chi connectivity index (χ1n) is 5.96. The van der Waals surface area contributed by atoms with Crippen LogP contribution in [-0.2, 0) is 12.6 Å². The van der Waals surface area contributed by atoms with Gasteiger partial charge in [-0.25, -0.2) is 9.37 Å². The van der Waals surface area contributed by atoms with Gasteiger partial charge in [-0.1, -0.05) is 18.2 Å². The minimum atomic E-state index is -0.811. The number of carbonyl (C=O) groups is 1. The predicted octanol–water partition coefficient (Wildman–Crippen LogP) is 2.22. The summed E-state index contributed by atoms with van der Waals surface area (Å²) in [6.07, 6.45) is 3.23. The molecule has 0 fully saturated rings. The van der Waals surface area contributed by atoms with Gasteiger partial charge < -0.3 is 9.88 Å². The highest BCUT2D eigenvalue weighted by atomic mass is 19.1. The van der Waals surface area contributed by atoms with E-state index in [1.165, 1.54) is 6.07 Å². The molecule has 1 aromatic carbocycles. The molecular formula is C14H16FN3O. The average molecular weight is 261 g/mol. The summed E-state index contributed by atoms with van der Waals surface area (Å²) in [5.74, 6) is -0.377. The van der Waals surface area contributed by atoms with Crippen molar-refractivity contribution in [1.29, 1.82) is 0 Å². The van der Waals surface area contributed by atoms with E-state index in [-0.39, 0.29) is 11.7 Å². The van der Waals surface area contributed by atoms with E-state index in [0.29, 0.717) is 11.4 Å². The summed E-state index contributed by atoms with van der Waals surface area (Å²) in [5.41, 5.74) is -0.369. The molecule has 0 bridgehead atoms. The number of nitrogens with zero attached hydrogens (tertiary/aromatic N) is 2. The molecule has 0 spiro atoms. The highest BCUT2D eigenvalue weighted by Gasteiger charge is 2.27. The van der Waals surface area contributed by atoms with Crippen molar-refractivity contribution >= 4 is 5.91 Å². The van der Waals surface area contributed by atoms with Crippen molar-refractivity contribution in [1.82, 2.24) is 14.9 Å². The Morgan fingerprint density at radius 3 is 2.63 bits per heavy atom. The van der Waals surface area contributed by atoms with Crippen LogP contribution in [0, 0.1) is 5.82 Å². The molecule has 0 aliphatic heterocycles. The van der Waals surface area contributed by atoms with Crippen molar-refractivity contribution in [2.45, 2.75) is 19.4 Å². The predicted molar refractivity (Wildman–Crippen MR) is 70.1 cm³/mol. The topological polar surface area (TPSA) is 46.9 Å². The van der Waals surface area contributed by atoms with Crippen molar-refractivity contribution in [2.24, 2.45) is 7.05 Å². The lowest BCUT2D eigenvalue weighted by Gasteiger charge is -2.27. The third kappa shape index (κ3) is 2.65. The molecule has 2 rings (SSSR count). The molecule has 0 aliphatic rings. The average Bonchev–Trinajstić information content (AvgIpc) is 2.75. The van der Waals surface area contributed by atoms with Crippen LogP contribution in [0.5, 0.6) is 0 Å². The van der Waals surface area contributed by atoms with Gasteiger partial charge in [0.2, 0.25) is 0 Å². The second kappa shape index (κ2) is 4.84. The largest absolute Gasteiger partial charge is 0.340 e. The molecule has 1 heterocycles. The van der Waals surface area contributed by atoms with E-state index in [1.54, 1.807) is 56.1 Å². The number of halogens is 1. The molecule has 0 saturated carbocycles. The van der Waals surface area contributed by atoms with E-state index in [4.69, 9.17) is 0 Å². The van der Waals surface area contributed by atoms with E-state index in [1.807, 2.05) is 0 Å². The Morgan fingerprint density at radius 1 is 1.37 bits per heavy atom. The number of nitrogens with one attached hydrogen (secondary N) is 1. The number of amides is 1. The fraction of sp³-hybridized carbons (Fsp3) is 0.286. The van der Waals surface area contributed by atoms with Gasteiger partial charge in [-0.15, -0.1) is 0 Å². The number of hydrogen-bond donors (Lipinski definition) is 1. The van der Waals surface area contributed by atoms with Gasteiger partial charge in [0, 0.05) is 25.0 Å². The van der Waals surface area contributed by atoms with Crippen LogP contribution in [0.2, 0.25) is 0 Å². The lowest BCUT2D eigenvalue weighted by molar-refractivity contribution is 0.0897. The Hall–Kier alpha value is -2.17. The molecule has 0 aliphatic carbocycles. The second-order valence-corrected chi connectivity index (χ2v) is 4.92. The first-order valence-corrected chi connectivity index (χ1v) is 5.96. The van der Waals surface area contributed by atoms with Crippen LogP contribution in [0.4, 0.5) is 4.39 Å². The minimum absolute atomic E-state index is 0.296. The zero-order valence-corrected chi connectivity index (χ0v) is 11.1. The summed E-state index contributed by atoms with van der Waals surface area (Å²) in [6, 6.07) is 6.40. The van der Waals surface area contributed by atoms with Crippen LogP contribution in [0.25, 0.3) is 0 Å². The summed E-state index contributed by atoms with van der Waals surface area (Å²) in [7, 11) is 1.73. The Balaban J connectivity index is 2.25. The van der Waals surface area contributed by atoms with E-state index >= 15 is 0 Å². The van der Waals surface area contributed by atoms with Gasteiger partial charge in [-0.05, 0) is 19.9 Å². The van der Waals surface area contributed by atoms with Crippen LogP contribution in [0.1, 0.15) is 30.0 Å². The van der Waals surface area contributed by atoms with Crippen molar-refractivity contribution in [2.75, 3.05) is 0 Å². The molecule has 1 N–H and O–H groups in total. The van der Waals surface area contributed by atoms with Crippen molar-refractivity contribution in [3.63, 3.8) is 0 Å². The Morgan fingerprint density at radius 2 is 2.05 bits per heavy atom. The number of carbonyl (C=O) groups excluding carboxylic acids is 1. The van der Waals surface area contributed by atoms with Gasteiger partial charge >= 0.3 is 0 Å². The molecule has 0 radical (unpaired) electrons. The molecule has 0 unspecified atom stereocenters. The normalized spacial score (nSPS) is 11.4. The SMILES string of the molecule is Cn1ccnc1C(=O)NC(C)(C)c1ccccc1F. The van der Waals surface area contributed by atoms with Crippen molar-refractivity contribution in [3.05, 3.63) is 53.9 Å². The maximum Gasteiger partial charge on any atom is 0.287 e. The third-order valence-electron chi connectivity index (χ3n) is 3.00. The van der Waals surface area contributed by atoms with Crippen molar-refractivity contribution in [3.8, 4) is 0 Å². The summed E-state index contributed by atoms with van der Waals surface area (Å²) in [6.45, 7) is 3.51. The Kier molecular flexibility index (Phi) is 3.38. The van der Waals surface area contributed by atoms with Gasteiger partial charge in [0.25, 0.3) is 5.91 Å². The first kappa shape index (κ1) is 13.3. The molecule has 5 heteroatoms. The number of benzene rings is 1. The number of rotatable bonds is 3. The van der Waals surface area contributed by atoms with Crippen LogP contribution in [0.3, 0.4) is 0 Å². The highest BCUT2D eigenvalue weighted by molar-refractivity contribution is 5.91. The molecule has 2 aromatic rings. The van der Waals surface area contributed by atoms with Crippen molar-refractivity contribution < 1.29 is 9.18 Å². The quantitative estimate of drug-likeness (QED) is 0.921. The molecule has 100 valence electrons. The van der Waals surface area contributed by atoms with Gasteiger partial charge in [0.15, 0.2) is 5.82 Å². The number of hydrogen-bond acceptors (Lipinski definition) is 2. The molecule has 0 atom stereocenters. The van der Waals surface area contributed by atoms with Crippen LogP contribution in [0.15, 0.2) is 36.7 Å². The van der Waals surface area contributed by atoms with Crippen LogP contribution < -0.4 is 5.32 Å². The molecule has 1 amide bonds. The summed E-state index contributed by atoms with van der Waals surface area (Å²) >= 11 is 0. The zero-order chi connectivity index (χ0) is 14.0. The minimum Gasteiger partial charge on any atom is -0.340 e. The monoisotopic (exact) mass is 261 g/mol. The van der Waals surface area contributed by atoms with Gasteiger partial charge in [0.05, 0.1) is 5.54 Å². The van der Waals surface area contributed by atoms with E-state index in [2.05, 4.69) is 10.3 Å². The molecule has 4 nitrogen and oxygen atoms in total. The lowest BCUT2D eigenvalue weighted by atomic mass is 9.93. The number of aromatic nitrogens is 2. The van der Waals surface area contributed by atoms with E-state index < -0.39 is 5.54 Å². The first-order chi connectivity index (χ1) is 8.92. The fourth-order valence-electron chi connectivity index (χ4n) is 1.96. The maximum atomic E-state index is 13.8. The molecule has 0 saturated heterocycles. The summed E-state index contributed by atoms with van der Waals surface area (Å²) in [4.78, 5) is 16.1. The number of imidazole rings is 1. The standard InChI is InChI=1S/C14H16FN3O/c1-14(2,10-6-4-5-7-11(10)15)17-13(19)12-16-8-9-18(12)3/h4-9H,1-3H3,(H,17,19). The molecule has 19 heavy (non-hydrogen) atoms. The zero-order valence-electron chi connectivity index (χ0n) is 11.1. The fourth-order valence-corrected chi connectivity index (χ4v) is 1.96. The summed E-state index contributed by atoms with van der Waals surface area (Å²) < 4.78 is 15.4. The smallest absolute Gasteiger partial charge is 0.287 e. The van der Waals surface area contributed by atoms with E-state index in [0.717, 1.165) is 0 Å². The number of aryl methyl sites for hydroxylation is 1. The maximum absolute atomic E-state index is 13.8. The van der Waals surface area contributed by atoms with Gasteiger partial charge in [0.1, 0.15) is 5.82 Å².